The van der Waals surface area contributed by atoms with Gasteiger partial charge in [-0.25, -0.2) is 0 Å². The van der Waals surface area contributed by atoms with E-state index in [0.717, 1.165) is 5.56 Å². The lowest BCUT2D eigenvalue weighted by atomic mass is 10.1. The molecule has 2 amide bonds. The second-order valence-electron chi connectivity index (χ2n) is 6.18. The number of rotatable bonds is 6. The van der Waals surface area contributed by atoms with Crippen LogP contribution in [0.2, 0.25) is 0 Å². The van der Waals surface area contributed by atoms with Crippen molar-refractivity contribution >= 4 is 11.8 Å². The molecule has 1 aromatic heterocycles. The first-order valence-corrected chi connectivity index (χ1v) is 8.44. The van der Waals surface area contributed by atoms with E-state index in [1.165, 1.54) is 4.80 Å². The number of nitrogens with two attached hydrogens (primary N) is 1. The maximum Gasteiger partial charge on any atom is 0.248 e. The summed E-state index contributed by atoms with van der Waals surface area (Å²) in [5, 5.41) is 12.2. The summed E-state index contributed by atoms with van der Waals surface area (Å²) >= 11 is 0. The normalized spacial score (nSPS) is 11.8. The molecule has 0 fully saturated rings. The van der Waals surface area contributed by atoms with Crippen molar-refractivity contribution in [1.82, 2.24) is 25.1 Å². The Hall–Kier alpha value is -3.55. The predicted octanol–water partition coefficient (Wildman–Crippen LogP) is 1.66. The average molecular weight is 364 g/mol. The van der Waals surface area contributed by atoms with Gasteiger partial charge in [-0.15, -0.1) is 10.2 Å². The minimum atomic E-state index is -0.501. The Morgan fingerprint density at radius 3 is 2.41 bits per heavy atom. The molecule has 2 aromatic carbocycles. The van der Waals surface area contributed by atoms with Crippen molar-refractivity contribution in [3.8, 4) is 11.4 Å². The Morgan fingerprint density at radius 2 is 1.78 bits per heavy atom. The van der Waals surface area contributed by atoms with Crippen molar-refractivity contribution in [2.75, 3.05) is 7.05 Å². The van der Waals surface area contributed by atoms with Crippen molar-refractivity contribution in [3.05, 3.63) is 65.7 Å². The van der Waals surface area contributed by atoms with Gasteiger partial charge in [-0.2, -0.15) is 4.80 Å². The van der Waals surface area contributed by atoms with Gasteiger partial charge in [0.15, 0.2) is 0 Å². The van der Waals surface area contributed by atoms with Crippen LogP contribution in [0.15, 0.2) is 54.6 Å². The van der Waals surface area contributed by atoms with E-state index in [1.807, 2.05) is 37.3 Å². The zero-order valence-corrected chi connectivity index (χ0v) is 15.1. The fourth-order valence-electron chi connectivity index (χ4n) is 2.61. The summed E-state index contributed by atoms with van der Waals surface area (Å²) in [7, 11) is 1.75. The Morgan fingerprint density at radius 1 is 1.11 bits per heavy atom. The maximum absolute atomic E-state index is 12.5. The van der Waals surface area contributed by atoms with Gasteiger partial charge in [-0.3, -0.25) is 9.59 Å². The Kier molecular flexibility index (Phi) is 5.25. The molecule has 1 heterocycles. The smallest absolute Gasteiger partial charge is 0.248 e. The van der Waals surface area contributed by atoms with Gasteiger partial charge in [0.25, 0.3) is 0 Å². The minimum Gasteiger partial charge on any atom is -0.366 e. The molecule has 0 bridgehead atoms. The van der Waals surface area contributed by atoms with Gasteiger partial charge in [0.1, 0.15) is 6.54 Å². The monoisotopic (exact) mass is 364 g/mol. The number of likely N-dealkylation sites (N-methyl/N-ethyl adjacent to an activating group) is 1. The van der Waals surface area contributed by atoms with Gasteiger partial charge in [0, 0.05) is 18.2 Å². The van der Waals surface area contributed by atoms with Crippen LogP contribution in [0.4, 0.5) is 0 Å². The van der Waals surface area contributed by atoms with Crippen LogP contribution < -0.4 is 5.73 Å². The van der Waals surface area contributed by atoms with Crippen molar-refractivity contribution < 1.29 is 9.59 Å². The number of benzene rings is 2. The summed E-state index contributed by atoms with van der Waals surface area (Å²) in [6, 6.07) is 16.3. The summed E-state index contributed by atoms with van der Waals surface area (Å²) in [4.78, 5) is 26.6. The van der Waals surface area contributed by atoms with Crippen LogP contribution in [0.5, 0.6) is 0 Å². The number of tetrazole rings is 1. The molecule has 0 aliphatic carbocycles. The van der Waals surface area contributed by atoms with E-state index in [2.05, 4.69) is 15.4 Å². The summed E-state index contributed by atoms with van der Waals surface area (Å²) in [6.45, 7) is 1.95. The first-order chi connectivity index (χ1) is 13.0. The van der Waals surface area contributed by atoms with Gasteiger partial charge in [0.05, 0.1) is 6.04 Å². The van der Waals surface area contributed by atoms with Crippen LogP contribution in [-0.4, -0.2) is 44.0 Å². The molecule has 1 atom stereocenters. The van der Waals surface area contributed by atoms with Crippen molar-refractivity contribution in [2.24, 2.45) is 5.73 Å². The first kappa shape index (κ1) is 18.2. The van der Waals surface area contributed by atoms with E-state index in [1.54, 1.807) is 36.2 Å². The van der Waals surface area contributed by atoms with Crippen LogP contribution in [-0.2, 0) is 11.3 Å². The molecule has 0 saturated carbocycles. The van der Waals surface area contributed by atoms with Crippen LogP contribution in [0.3, 0.4) is 0 Å². The lowest BCUT2D eigenvalue weighted by Gasteiger charge is -2.25. The van der Waals surface area contributed by atoms with E-state index in [-0.39, 0.29) is 18.5 Å². The van der Waals surface area contributed by atoms with Crippen LogP contribution in [0, 0.1) is 0 Å². The second kappa shape index (κ2) is 7.77. The maximum atomic E-state index is 12.5. The van der Waals surface area contributed by atoms with Gasteiger partial charge < -0.3 is 10.6 Å². The summed E-state index contributed by atoms with van der Waals surface area (Å²) in [5.74, 6) is -0.253. The van der Waals surface area contributed by atoms with Crippen molar-refractivity contribution in [3.63, 3.8) is 0 Å². The SMILES string of the molecule is C[C@@H](c1ccccc1)N(C)C(=O)Cn1nnc(-c2ccc(C(N)=O)cc2)n1. The Bertz CT molecular complexity index is 936. The van der Waals surface area contributed by atoms with Crippen molar-refractivity contribution in [1.29, 1.82) is 0 Å². The van der Waals surface area contributed by atoms with E-state index < -0.39 is 5.91 Å². The highest BCUT2D eigenvalue weighted by molar-refractivity contribution is 5.93. The number of aromatic nitrogens is 4. The number of hydrogen-bond donors (Lipinski definition) is 1. The summed E-state index contributed by atoms with van der Waals surface area (Å²) < 4.78 is 0. The molecule has 0 saturated heterocycles. The molecular weight excluding hydrogens is 344 g/mol. The number of carbonyl (C=O) groups is 2. The molecule has 0 aliphatic rings. The van der Waals surface area contributed by atoms with Gasteiger partial charge in [0.2, 0.25) is 17.6 Å². The standard InChI is InChI=1S/C19H20N6O2/c1-13(14-6-4-3-5-7-14)24(2)17(26)12-25-22-19(21-23-25)16-10-8-15(9-11-16)18(20)27/h3-11,13H,12H2,1-2H3,(H2,20,27)/t13-/m0/s1. The zero-order valence-electron chi connectivity index (χ0n) is 15.1. The molecule has 3 rings (SSSR count). The molecule has 0 unspecified atom stereocenters. The van der Waals surface area contributed by atoms with Crippen LogP contribution >= 0.6 is 0 Å². The highest BCUT2D eigenvalue weighted by Gasteiger charge is 2.19. The molecule has 8 nitrogen and oxygen atoms in total. The molecule has 8 heteroatoms. The third kappa shape index (κ3) is 4.17. The largest absolute Gasteiger partial charge is 0.366 e. The van der Waals surface area contributed by atoms with E-state index in [9.17, 15) is 9.59 Å². The van der Waals surface area contributed by atoms with Gasteiger partial charge in [-0.05, 0) is 29.8 Å². The fraction of sp³-hybridized carbons (Fsp3) is 0.211. The number of primary amides is 1. The number of amides is 2. The third-order valence-corrected chi connectivity index (χ3v) is 4.41. The average Bonchev–Trinajstić information content (AvgIpc) is 3.16. The molecular formula is C19H20N6O2. The van der Waals surface area contributed by atoms with Gasteiger partial charge in [-0.1, -0.05) is 42.5 Å². The quantitative estimate of drug-likeness (QED) is 0.716. The number of hydrogen-bond acceptors (Lipinski definition) is 5. The Balaban J connectivity index is 1.68. The van der Waals surface area contributed by atoms with E-state index in [0.29, 0.717) is 17.0 Å². The highest BCUT2D eigenvalue weighted by Crippen LogP contribution is 2.19. The topological polar surface area (TPSA) is 107 Å². The highest BCUT2D eigenvalue weighted by atomic mass is 16.2. The lowest BCUT2D eigenvalue weighted by Crippen LogP contribution is -2.33. The van der Waals surface area contributed by atoms with Crippen LogP contribution in [0.25, 0.3) is 11.4 Å². The van der Waals surface area contributed by atoms with Gasteiger partial charge >= 0.3 is 0 Å². The molecule has 138 valence electrons. The molecule has 0 radical (unpaired) electrons. The predicted molar refractivity (Wildman–Crippen MR) is 99.4 cm³/mol. The Labute approximate surface area is 156 Å². The lowest BCUT2D eigenvalue weighted by molar-refractivity contribution is -0.132. The van der Waals surface area contributed by atoms with Crippen LogP contribution in [0.1, 0.15) is 28.9 Å². The fourth-order valence-corrected chi connectivity index (χ4v) is 2.61. The molecule has 27 heavy (non-hydrogen) atoms. The molecule has 2 N–H and O–H groups in total. The summed E-state index contributed by atoms with van der Waals surface area (Å²) in [6.07, 6.45) is 0. The number of carbonyl (C=O) groups excluding carboxylic acids is 2. The number of nitrogens with zero attached hydrogens (tertiary/aromatic N) is 5. The minimum absolute atomic E-state index is 0.0138. The van der Waals surface area contributed by atoms with Crippen molar-refractivity contribution in [2.45, 2.75) is 19.5 Å². The second-order valence-corrected chi connectivity index (χ2v) is 6.18. The third-order valence-electron chi connectivity index (χ3n) is 4.41. The van der Waals surface area contributed by atoms with E-state index in [4.69, 9.17) is 5.73 Å². The first-order valence-electron chi connectivity index (χ1n) is 8.44. The molecule has 3 aromatic rings. The zero-order chi connectivity index (χ0) is 19.4. The summed E-state index contributed by atoms with van der Waals surface area (Å²) in [5.41, 5.74) is 7.36. The molecule has 0 spiro atoms. The van der Waals surface area contributed by atoms with E-state index >= 15 is 0 Å². The molecule has 0 aliphatic heterocycles.